The van der Waals surface area contributed by atoms with Crippen LogP contribution in [-0.4, -0.2) is 46.5 Å². The van der Waals surface area contributed by atoms with Crippen molar-refractivity contribution in [2.24, 2.45) is 0 Å². The second kappa shape index (κ2) is 7.33. The fourth-order valence-electron chi connectivity index (χ4n) is 2.73. The van der Waals surface area contributed by atoms with Gasteiger partial charge in [-0.3, -0.25) is 14.7 Å². The lowest BCUT2D eigenvalue weighted by atomic mass is 10.0. The molecule has 1 aromatic heterocycles. The van der Waals surface area contributed by atoms with Crippen LogP contribution in [0.1, 0.15) is 48.8 Å². The molecule has 1 aliphatic heterocycles. The maximum atomic E-state index is 11.9. The topological polar surface area (TPSA) is 58.1 Å². The maximum absolute atomic E-state index is 11.9. The van der Waals surface area contributed by atoms with E-state index in [9.17, 15) is 4.79 Å². The van der Waals surface area contributed by atoms with Crippen molar-refractivity contribution in [3.8, 4) is 0 Å². The summed E-state index contributed by atoms with van der Waals surface area (Å²) in [6.07, 6.45) is 8.23. The summed E-state index contributed by atoms with van der Waals surface area (Å²) >= 11 is 0. The molecule has 1 amide bonds. The zero-order chi connectivity index (χ0) is 14.4. The number of hydrogen-bond acceptors (Lipinski definition) is 4. The molecule has 1 fully saturated rings. The Morgan fingerprint density at radius 2 is 2.25 bits per heavy atom. The number of nitrogens with zero attached hydrogens (tertiary/aromatic N) is 3. The molecule has 2 heterocycles. The molecule has 1 aliphatic rings. The normalized spacial score (nSPS) is 19.8. The Hall–Kier alpha value is -1.49. The van der Waals surface area contributed by atoms with Crippen LogP contribution in [0.5, 0.6) is 0 Å². The highest BCUT2D eigenvalue weighted by Crippen LogP contribution is 2.18. The van der Waals surface area contributed by atoms with Gasteiger partial charge in [0.2, 0.25) is 0 Å². The highest BCUT2D eigenvalue weighted by molar-refractivity contribution is 5.91. The van der Waals surface area contributed by atoms with Crippen molar-refractivity contribution in [3.63, 3.8) is 0 Å². The Morgan fingerprint density at radius 3 is 2.95 bits per heavy atom. The average Bonchev–Trinajstić information content (AvgIpc) is 2.48. The lowest BCUT2D eigenvalue weighted by Crippen LogP contribution is -2.43. The number of amides is 1. The van der Waals surface area contributed by atoms with Crippen molar-refractivity contribution in [3.05, 3.63) is 23.8 Å². The molecule has 1 unspecified atom stereocenters. The second-order valence-electron chi connectivity index (χ2n) is 5.39. The summed E-state index contributed by atoms with van der Waals surface area (Å²) < 4.78 is 0. The number of hydrogen-bond donors (Lipinski definition) is 1. The van der Waals surface area contributed by atoms with E-state index in [-0.39, 0.29) is 5.91 Å². The summed E-state index contributed by atoms with van der Waals surface area (Å²) in [4.78, 5) is 22.6. The van der Waals surface area contributed by atoms with Crippen molar-refractivity contribution in [1.82, 2.24) is 20.2 Å². The molecule has 5 nitrogen and oxygen atoms in total. The standard InChI is InChI=1S/C15H24N4O/c1-3-13-6-4-5-8-19(13)9-7-16-15(20)14-11-17-12(2)10-18-14/h10-11,13H,3-9H2,1-2H3,(H,16,20). The molecule has 110 valence electrons. The summed E-state index contributed by atoms with van der Waals surface area (Å²) in [5, 5.41) is 2.93. The SMILES string of the molecule is CCC1CCCCN1CCNC(=O)c1cnc(C)cn1. The smallest absolute Gasteiger partial charge is 0.271 e. The molecule has 1 atom stereocenters. The molecule has 0 bridgehead atoms. The minimum Gasteiger partial charge on any atom is -0.349 e. The van der Waals surface area contributed by atoms with Crippen molar-refractivity contribution in [2.45, 2.75) is 45.6 Å². The molecule has 1 saturated heterocycles. The second-order valence-corrected chi connectivity index (χ2v) is 5.39. The van der Waals surface area contributed by atoms with Crippen LogP contribution in [-0.2, 0) is 0 Å². The number of nitrogens with one attached hydrogen (secondary N) is 1. The zero-order valence-corrected chi connectivity index (χ0v) is 12.4. The van der Waals surface area contributed by atoms with Gasteiger partial charge in [-0.15, -0.1) is 0 Å². The number of likely N-dealkylation sites (tertiary alicyclic amines) is 1. The summed E-state index contributed by atoms with van der Waals surface area (Å²) in [7, 11) is 0. The first-order chi connectivity index (χ1) is 9.70. The third kappa shape index (κ3) is 4.00. The molecule has 5 heteroatoms. The van der Waals surface area contributed by atoms with Crippen molar-refractivity contribution < 1.29 is 4.79 Å². The monoisotopic (exact) mass is 276 g/mol. The first-order valence-electron chi connectivity index (χ1n) is 7.51. The summed E-state index contributed by atoms with van der Waals surface area (Å²) in [5.41, 5.74) is 1.21. The van der Waals surface area contributed by atoms with Crippen molar-refractivity contribution in [2.75, 3.05) is 19.6 Å². The number of carbonyl (C=O) groups is 1. The van der Waals surface area contributed by atoms with Crippen LogP contribution in [0.15, 0.2) is 12.4 Å². The fourth-order valence-corrected chi connectivity index (χ4v) is 2.73. The number of aromatic nitrogens is 2. The Kier molecular flexibility index (Phi) is 5.47. The zero-order valence-electron chi connectivity index (χ0n) is 12.4. The van der Waals surface area contributed by atoms with E-state index < -0.39 is 0 Å². The number of rotatable bonds is 5. The Balaban J connectivity index is 1.77. The van der Waals surface area contributed by atoms with Crippen LogP contribution < -0.4 is 5.32 Å². The Morgan fingerprint density at radius 1 is 1.40 bits per heavy atom. The molecular formula is C15H24N4O. The van der Waals surface area contributed by atoms with Gasteiger partial charge in [0.05, 0.1) is 11.9 Å². The molecule has 1 N–H and O–H groups in total. The molecular weight excluding hydrogens is 252 g/mol. The summed E-state index contributed by atoms with van der Waals surface area (Å²) in [6, 6.07) is 0.680. The third-order valence-corrected chi connectivity index (χ3v) is 3.92. The highest BCUT2D eigenvalue weighted by atomic mass is 16.1. The van der Waals surface area contributed by atoms with Crippen molar-refractivity contribution in [1.29, 1.82) is 0 Å². The first-order valence-corrected chi connectivity index (χ1v) is 7.51. The average molecular weight is 276 g/mol. The van der Waals surface area contributed by atoms with E-state index in [1.54, 1.807) is 6.20 Å². The van der Waals surface area contributed by atoms with E-state index in [4.69, 9.17) is 0 Å². The summed E-state index contributed by atoms with van der Waals surface area (Å²) in [6.45, 7) is 6.84. The van der Waals surface area contributed by atoms with Crippen LogP contribution in [0.2, 0.25) is 0 Å². The van der Waals surface area contributed by atoms with E-state index in [1.807, 2.05) is 6.92 Å². The van der Waals surface area contributed by atoms with Crippen LogP contribution >= 0.6 is 0 Å². The Labute approximate surface area is 120 Å². The molecule has 0 aliphatic carbocycles. The van der Waals surface area contributed by atoms with Gasteiger partial charge in [0, 0.05) is 25.3 Å². The van der Waals surface area contributed by atoms with E-state index in [0.717, 1.165) is 18.8 Å². The molecule has 2 rings (SSSR count). The fraction of sp³-hybridized carbons (Fsp3) is 0.667. The van der Waals surface area contributed by atoms with Crippen LogP contribution in [0.25, 0.3) is 0 Å². The van der Waals surface area contributed by atoms with E-state index in [2.05, 4.69) is 27.1 Å². The quantitative estimate of drug-likeness (QED) is 0.890. The molecule has 0 aromatic carbocycles. The largest absolute Gasteiger partial charge is 0.349 e. The minimum absolute atomic E-state index is 0.137. The van der Waals surface area contributed by atoms with E-state index >= 15 is 0 Å². The summed E-state index contributed by atoms with van der Waals surface area (Å²) in [5.74, 6) is -0.137. The van der Waals surface area contributed by atoms with E-state index in [1.165, 1.54) is 31.9 Å². The number of piperidine rings is 1. The van der Waals surface area contributed by atoms with Crippen molar-refractivity contribution >= 4 is 5.91 Å². The van der Waals surface area contributed by atoms with Gasteiger partial charge in [-0.1, -0.05) is 13.3 Å². The molecule has 0 radical (unpaired) electrons. The van der Waals surface area contributed by atoms with E-state index in [0.29, 0.717) is 18.3 Å². The van der Waals surface area contributed by atoms with Gasteiger partial charge in [0.25, 0.3) is 5.91 Å². The van der Waals surface area contributed by atoms with Gasteiger partial charge < -0.3 is 5.32 Å². The number of aryl methyl sites for hydroxylation is 1. The van der Waals surface area contributed by atoms with Crippen LogP contribution in [0, 0.1) is 6.92 Å². The number of carbonyl (C=O) groups excluding carboxylic acids is 1. The van der Waals surface area contributed by atoms with Gasteiger partial charge in [-0.25, -0.2) is 4.98 Å². The molecule has 20 heavy (non-hydrogen) atoms. The highest BCUT2D eigenvalue weighted by Gasteiger charge is 2.20. The molecule has 0 saturated carbocycles. The van der Waals surface area contributed by atoms with Gasteiger partial charge in [0.15, 0.2) is 0 Å². The first kappa shape index (κ1) is 14.9. The van der Waals surface area contributed by atoms with Gasteiger partial charge in [0.1, 0.15) is 5.69 Å². The molecule has 1 aromatic rings. The lowest BCUT2D eigenvalue weighted by Gasteiger charge is -2.35. The predicted octanol–water partition coefficient (Wildman–Crippen LogP) is 1.78. The maximum Gasteiger partial charge on any atom is 0.271 e. The lowest BCUT2D eigenvalue weighted by molar-refractivity contribution is 0.0929. The Bertz CT molecular complexity index is 432. The predicted molar refractivity (Wildman–Crippen MR) is 78.6 cm³/mol. The van der Waals surface area contributed by atoms with Crippen LogP contribution in [0.3, 0.4) is 0 Å². The molecule has 0 spiro atoms. The third-order valence-electron chi connectivity index (χ3n) is 3.92. The van der Waals surface area contributed by atoms with Gasteiger partial charge in [-0.2, -0.15) is 0 Å². The minimum atomic E-state index is -0.137. The van der Waals surface area contributed by atoms with Crippen LogP contribution in [0.4, 0.5) is 0 Å². The van der Waals surface area contributed by atoms with Gasteiger partial charge in [-0.05, 0) is 32.7 Å². The van der Waals surface area contributed by atoms with Gasteiger partial charge >= 0.3 is 0 Å².